The van der Waals surface area contributed by atoms with E-state index < -0.39 is 12.3 Å². The van der Waals surface area contributed by atoms with Crippen LogP contribution in [0, 0.1) is 0 Å². The third-order valence-electron chi connectivity index (χ3n) is 1.57. The van der Waals surface area contributed by atoms with Gasteiger partial charge in [-0.2, -0.15) is 8.78 Å². The van der Waals surface area contributed by atoms with E-state index in [4.69, 9.17) is 16.0 Å². The lowest BCUT2D eigenvalue weighted by Crippen LogP contribution is -1.80. The minimum Gasteiger partial charge on any atom is -0.434 e. The van der Waals surface area contributed by atoms with Crippen LogP contribution in [0.15, 0.2) is 22.6 Å². The van der Waals surface area contributed by atoms with Crippen molar-refractivity contribution in [3.63, 3.8) is 0 Å². The number of nitrogens with zero attached hydrogens (tertiary/aromatic N) is 1. The van der Waals surface area contributed by atoms with Crippen molar-refractivity contribution >= 4 is 22.7 Å². The number of fused-ring (bicyclic) bond motifs is 1. The van der Waals surface area contributed by atoms with Crippen LogP contribution >= 0.6 is 11.6 Å². The van der Waals surface area contributed by atoms with Crippen LogP contribution in [0.4, 0.5) is 8.78 Å². The molecule has 0 atom stereocenters. The molecule has 68 valence electrons. The zero-order valence-electron chi connectivity index (χ0n) is 6.30. The Morgan fingerprint density at radius 3 is 2.77 bits per heavy atom. The molecular weight excluding hydrogens is 200 g/mol. The number of rotatable bonds is 1. The van der Waals surface area contributed by atoms with Crippen LogP contribution in [0.5, 0.6) is 0 Å². The summed E-state index contributed by atoms with van der Waals surface area (Å²) in [5.41, 5.74) is 0.558. The zero-order chi connectivity index (χ0) is 9.42. The molecule has 2 rings (SSSR count). The number of hydrogen-bond donors (Lipinski definition) is 0. The molecule has 0 radical (unpaired) electrons. The summed E-state index contributed by atoms with van der Waals surface area (Å²) in [7, 11) is 0. The van der Waals surface area contributed by atoms with Crippen molar-refractivity contribution in [3.05, 3.63) is 29.1 Å². The number of halogens is 3. The Bertz CT molecular complexity index is 441. The van der Waals surface area contributed by atoms with Crippen molar-refractivity contribution in [1.82, 2.24) is 4.98 Å². The fraction of sp³-hybridized carbons (Fsp3) is 0.125. The highest BCUT2D eigenvalue weighted by atomic mass is 35.5. The lowest BCUT2D eigenvalue weighted by Gasteiger charge is -1.88. The quantitative estimate of drug-likeness (QED) is 0.710. The molecule has 0 amide bonds. The predicted molar refractivity (Wildman–Crippen MR) is 44.0 cm³/mol. The summed E-state index contributed by atoms with van der Waals surface area (Å²) in [6.45, 7) is 0. The molecule has 2 aromatic rings. The molecule has 0 saturated carbocycles. The normalized spacial score (nSPS) is 11.4. The Morgan fingerprint density at radius 2 is 2.15 bits per heavy atom. The first kappa shape index (κ1) is 8.44. The molecule has 0 saturated heterocycles. The average molecular weight is 204 g/mol. The molecule has 0 spiro atoms. The van der Waals surface area contributed by atoms with Gasteiger partial charge in [-0.1, -0.05) is 17.7 Å². The second-order valence-electron chi connectivity index (χ2n) is 2.44. The molecule has 5 heteroatoms. The summed E-state index contributed by atoms with van der Waals surface area (Å²) in [6.07, 6.45) is -2.71. The Hall–Kier alpha value is -1.16. The molecule has 0 aliphatic heterocycles. The molecular formula is C8H4ClF2NO. The molecule has 0 aliphatic rings. The van der Waals surface area contributed by atoms with E-state index in [0.717, 1.165) is 0 Å². The van der Waals surface area contributed by atoms with Crippen molar-refractivity contribution in [2.75, 3.05) is 0 Å². The summed E-state index contributed by atoms with van der Waals surface area (Å²) in [5, 5.41) is 0.289. The number of para-hydroxylation sites is 1. The highest BCUT2D eigenvalue weighted by Gasteiger charge is 2.16. The van der Waals surface area contributed by atoms with Gasteiger partial charge in [-0.05, 0) is 12.1 Å². The largest absolute Gasteiger partial charge is 0.434 e. The van der Waals surface area contributed by atoms with Crippen LogP contribution in [0.25, 0.3) is 11.1 Å². The summed E-state index contributed by atoms with van der Waals surface area (Å²) in [4.78, 5) is 3.57. The lowest BCUT2D eigenvalue weighted by molar-refractivity contribution is 0.117. The topological polar surface area (TPSA) is 26.0 Å². The van der Waals surface area contributed by atoms with Gasteiger partial charge in [0.05, 0.1) is 5.02 Å². The molecule has 0 bridgehead atoms. The third kappa shape index (κ3) is 1.37. The minimum absolute atomic E-state index is 0.208. The van der Waals surface area contributed by atoms with Gasteiger partial charge in [-0.15, -0.1) is 0 Å². The molecule has 0 aliphatic carbocycles. The Kier molecular flexibility index (Phi) is 1.92. The van der Waals surface area contributed by atoms with Crippen LogP contribution in [0.2, 0.25) is 5.02 Å². The molecule has 0 unspecified atom stereocenters. The van der Waals surface area contributed by atoms with Crippen LogP contribution < -0.4 is 0 Å². The predicted octanol–water partition coefficient (Wildman–Crippen LogP) is 3.42. The van der Waals surface area contributed by atoms with Crippen LogP contribution in [0.1, 0.15) is 12.3 Å². The monoisotopic (exact) mass is 203 g/mol. The maximum absolute atomic E-state index is 12.1. The molecule has 0 fully saturated rings. The average Bonchev–Trinajstić information content (AvgIpc) is 2.49. The maximum Gasteiger partial charge on any atom is 0.313 e. The molecule has 2 nitrogen and oxygen atoms in total. The van der Waals surface area contributed by atoms with Gasteiger partial charge in [0.15, 0.2) is 5.58 Å². The van der Waals surface area contributed by atoms with Gasteiger partial charge in [0.2, 0.25) is 0 Å². The van der Waals surface area contributed by atoms with E-state index in [1.54, 1.807) is 18.2 Å². The third-order valence-corrected chi connectivity index (χ3v) is 1.87. The van der Waals surface area contributed by atoms with Gasteiger partial charge >= 0.3 is 6.43 Å². The molecule has 1 aromatic carbocycles. The van der Waals surface area contributed by atoms with Crippen molar-refractivity contribution in [2.24, 2.45) is 0 Å². The molecule has 1 aromatic heterocycles. The lowest BCUT2D eigenvalue weighted by atomic mass is 10.3. The van der Waals surface area contributed by atoms with E-state index >= 15 is 0 Å². The number of aromatic nitrogens is 1. The maximum atomic E-state index is 12.1. The van der Waals surface area contributed by atoms with E-state index in [-0.39, 0.29) is 10.6 Å². The first-order chi connectivity index (χ1) is 6.18. The fourth-order valence-corrected chi connectivity index (χ4v) is 1.23. The number of hydrogen-bond acceptors (Lipinski definition) is 2. The van der Waals surface area contributed by atoms with Crippen molar-refractivity contribution in [2.45, 2.75) is 6.43 Å². The van der Waals surface area contributed by atoms with Gasteiger partial charge in [-0.3, -0.25) is 0 Å². The van der Waals surface area contributed by atoms with Crippen molar-refractivity contribution < 1.29 is 13.2 Å². The SMILES string of the molecule is FC(F)c1nc2cccc(Cl)c2o1. The number of oxazole rings is 1. The Morgan fingerprint density at radius 1 is 1.38 bits per heavy atom. The summed E-state index contributed by atoms with van der Waals surface area (Å²) >= 11 is 5.70. The second kappa shape index (κ2) is 2.96. The van der Waals surface area contributed by atoms with Crippen LogP contribution in [-0.2, 0) is 0 Å². The van der Waals surface area contributed by atoms with E-state index in [1.807, 2.05) is 0 Å². The highest BCUT2D eigenvalue weighted by molar-refractivity contribution is 6.34. The minimum atomic E-state index is -2.71. The summed E-state index contributed by atoms with van der Waals surface area (Å²) < 4.78 is 29.0. The van der Waals surface area contributed by atoms with Gasteiger partial charge in [0, 0.05) is 0 Å². The number of alkyl halides is 2. The van der Waals surface area contributed by atoms with Gasteiger partial charge < -0.3 is 4.42 Å². The molecule has 0 N–H and O–H groups in total. The fourth-order valence-electron chi connectivity index (χ4n) is 1.03. The smallest absolute Gasteiger partial charge is 0.313 e. The van der Waals surface area contributed by atoms with E-state index in [0.29, 0.717) is 5.52 Å². The second-order valence-corrected chi connectivity index (χ2v) is 2.85. The van der Waals surface area contributed by atoms with Gasteiger partial charge in [0.25, 0.3) is 5.89 Å². The van der Waals surface area contributed by atoms with Gasteiger partial charge in [0.1, 0.15) is 5.52 Å². The highest BCUT2D eigenvalue weighted by Crippen LogP contribution is 2.27. The van der Waals surface area contributed by atoms with Crippen LogP contribution in [0.3, 0.4) is 0 Å². The van der Waals surface area contributed by atoms with E-state index in [9.17, 15) is 8.78 Å². The van der Waals surface area contributed by atoms with Crippen LogP contribution in [-0.4, -0.2) is 4.98 Å². The van der Waals surface area contributed by atoms with E-state index in [1.165, 1.54) is 0 Å². The standard InChI is InChI=1S/C8H4ClF2NO/c9-4-2-1-3-5-6(4)13-8(12-5)7(10)11/h1-3,7H. The Balaban J connectivity index is 2.68. The van der Waals surface area contributed by atoms with Crippen molar-refractivity contribution in [3.8, 4) is 0 Å². The zero-order valence-corrected chi connectivity index (χ0v) is 7.05. The molecule has 13 heavy (non-hydrogen) atoms. The summed E-state index contributed by atoms with van der Waals surface area (Å²) in [6, 6.07) is 4.75. The molecule has 1 heterocycles. The first-order valence-electron chi connectivity index (χ1n) is 3.51. The summed E-state index contributed by atoms with van der Waals surface area (Å²) in [5.74, 6) is -0.594. The van der Waals surface area contributed by atoms with Gasteiger partial charge in [-0.25, -0.2) is 4.98 Å². The number of benzene rings is 1. The Labute approximate surface area is 77.1 Å². The first-order valence-corrected chi connectivity index (χ1v) is 3.89. The van der Waals surface area contributed by atoms with Crippen molar-refractivity contribution in [1.29, 1.82) is 0 Å². The van der Waals surface area contributed by atoms with E-state index in [2.05, 4.69) is 4.98 Å².